The molecule has 2 aromatic carbocycles. The molecule has 1 saturated heterocycles. The van der Waals surface area contributed by atoms with E-state index in [1.807, 2.05) is 6.92 Å². The van der Waals surface area contributed by atoms with Crippen molar-refractivity contribution < 1.29 is 19.2 Å². The molecule has 7 nitrogen and oxygen atoms in total. The molecule has 3 rings (SSSR count). The van der Waals surface area contributed by atoms with E-state index in [1.165, 1.54) is 17.0 Å². The number of carbonyl (C=O) groups is 2. The summed E-state index contributed by atoms with van der Waals surface area (Å²) < 4.78 is 6.46. The Balaban J connectivity index is 1.68. The van der Waals surface area contributed by atoms with Gasteiger partial charge >= 0.3 is 0 Å². The summed E-state index contributed by atoms with van der Waals surface area (Å²) in [7, 11) is 0. The molecule has 2 aromatic rings. The maximum absolute atomic E-state index is 12.3. The number of rotatable bonds is 7. The third-order valence-electron chi connectivity index (χ3n) is 4.12. The average molecular weight is 477 g/mol. The molecular weight excluding hydrogens is 460 g/mol. The number of hydrogen-bond donors (Lipinski definition) is 0. The fraction of sp³-hybridized carbons (Fsp3) is 0.200. The molecule has 1 aliphatic rings. The SMILES string of the molecule is CCCN1C(=O)SC(=Cc2ccc(OCc3ccc([N+](=O)[O-])cc3)c(Br)c2)C1=O. The van der Waals surface area contributed by atoms with Gasteiger partial charge in [0.2, 0.25) is 0 Å². The standard InChI is InChI=1S/C20H17BrN2O5S/c1-2-9-22-19(24)18(29-20(22)25)11-14-5-8-17(16(21)10-14)28-12-13-3-6-15(7-4-13)23(26)27/h3-8,10-11H,2,9,12H2,1H3. The molecule has 2 amide bonds. The number of carbonyl (C=O) groups excluding carboxylic acids is 2. The van der Waals surface area contributed by atoms with Crippen molar-refractivity contribution >= 4 is 50.6 Å². The maximum atomic E-state index is 12.3. The number of ether oxygens (including phenoxy) is 1. The molecule has 0 atom stereocenters. The van der Waals surface area contributed by atoms with E-state index >= 15 is 0 Å². The van der Waals surface area contributed by atoms with Crippen LogP contribution in [0.15, 0.2) is 51.8 Å². The summed E-state index contributed by atoms with van der Waals surface area (Å²) in [5.74, 6) is 0.330. The number of non-ortho nitro benzene ring substituents is 1. The zero-order valence-electron chi connectivity index (χ0n) is 15.5. The second kappa shape index (κ2) is 9.23. The Kier molecular flexibility index (Phi) is 6.71. The Bertz CT molecular complexity index is 991. The molecule has 1 fully saturated rings. The Morgan fingerprint density at radius 1 is 1.21 bits per heavy atom. The minimum Gasteiger partial charge on any atom is -0.488 e. The van der Waals surface area contributed by atoms with Crippen LogP contribution in [0.25, 0.3) is 6.08 Å². The molecule has 29 heavy (non-hydrogen) atoms. The average Bonchev–Trinajstić information content (AvgIpc) is 2.95. The van der Waals surface area contributed by atoms with E-state index in [4.69, 9.17) is 4.74 Å². The second-order valence-electron chi connectivity index (χ2n) is 6.24. The van der Waals surface area contributed by atoms with Crippen molar-refractivity contribution in [2.45, 2.75) is 20.0 Å². The van der Waals surface area contributed by atoms with Gasteiger partial charge in [0, 0.05) is 18.7 Å². The lowest BCUT2D eigenvalue weighted by Crippen LogP contribution is -2.28. The predicted molar refractivity (Wildman–Crippen MR) is 115 cm³/mol. The monoisotopic (exact) mass is 476 g/mol. The number of amides is 2. The van der Waals surface area contributed by atoms with Gasteiger partial charge < -0.3 is 4.74 Å². The predicted octanol–water partition coefficient (Wildman–Crippen LogP) is 5.38. The third-order valence-corrected chi connectivity index (χ3v) is 5.64. The van der Waals surface area contributed by atoms with Gasteiger partial charge in [-0.3, -0.25) is 24.6 Å². The molecule has 0 bridgehead atoms. The number of halogens is 1. The van der Waals surface area contributed by atoms with Gasteiger partial charge in [0.25, 0.3) is 16.8 Å². The van der Waals surface area contributed by atoms with E-state index in [-0.39, 0.29) is 23.4 Å². The van der Waals surface area contributed by atoms with E-state index in [0.717, 1.165) is 29.3 Å². The van der Waals surface area contributed by atoms with Crippen LogP contribution in [-0.2, 0) is 11.4 Å². The fourth-order valence-electron chi connectivity index (χ4n) is 2.67. The number of benzene rings is 2. The van der Waals surface area contributed by atoms with Crippen LogP contribution in [0.3, 0.4) is 0 Å². The minimum absolute atomic E-state index is 0.0302. The van der Waals surface area contributed by atoms with Crippen molar-refractivity contribution in [2.75, 3.05) is 6.54 Å². The van der Waals surface area contributed by atoms with Crippen LogP contribution in [0.1, 0.15) is 24.5 Å². The molecule has 1 heterocycles. The molecule has 0 aromatic heterocycles. The number of nitro groups is 1. The largest absolute Gasteiger partial charge is 0.488 e. The molecular formula is C20H17BrN2O5S. The van der Waals surface area contributed by atoms with Crippen LogP contribution in [0.4, 0.5) is 10.5 Å². The normalized spacial score (nSPS) is 15.2. The van der Waals surface area contributed by atoms with Gasteiger partial charge in [-0.15, -0.1) is 0 Å². The molecule has 0 aliphatic carbocycles. The number of nitro benzene ring substituents is 1. The summed E-state index contributed by atoms with van der Waals surface area (Å²) in [4.78, 5) is 36.2. The van der Waals surface area contributed by atoms with Crippen molar-refractivity contribution in [3.63, 3.8) is 0 Å². The van der Waals surface area contributed by atoms with Gasteiger partial charge in [-0.25, -0.2) is 0 Å². The molecule has 0 spiro atoms. The van der Waals surface area contributed by atoms with Crippen molar-refractivity contribution in [2.24, 2.45) is 0 Å². The number of thioether (sulfide) groups is 1. The summed E-state index contributed by atoms with van der Waals surface area (Å²) in [6.07, 6.45) is 2.41. The molecule has 0 saturated carbocycles. The first kappa shape index (κ1) is 21.1. The third kappa shape index (κ3) is 5.04. The van der Waals surface area contributed by atoms with Crippen molar-refractivity contribution in [3.8, 4) is 5.75 Å². The summed E-state index contributed by atoms with van der Waals surface area (Å²) in [6, 6.07) is 11.5. The lowest BCUT2D eigenvalue weighted by Gasteiger charge is -2.10. The Hall–Kier alpha value is -2.65. The van der Waals surface area contributed by atoms with Gasteiger partial charge in [-0.05, 0) is 75.6 Å². The summed E-state index contributed by atoms with van der Waals surface area (Å²) in [5.41, 5.74) is 1.60. The lowest BCUT2D eigenvalue weighted by atomic mass is 10.2. The molecule has 0 N–H and O–H groups in total. The topological polar surface area (TPSA) is 89.8 Å². The second-order valence-corrected chi connectivity index (χ2v) is 8.08. The van der Waals surface area contributed by atoms with Crippen LogP contribution in [0.5, 0.6) is 5.75 Å². The van der Waals surface area contributed by atoms with Crippen LogP contribution in [0, 0.1) is 10.1 Å². The zero-order chi connectivity index (χ0) is 21.0. The van der Waals surface area contributed by atoms with Gasteiger partial charge in [0.15, 0.2) is 0 Å². The lowest BCUT2D eigenvalue weighted by molar-refractivity contribution is -0.384. The van der Waals surface area contributed by atoms with Crippen molar-refractivity contribution in [1.29, 1.82) is 0 Å². The van der Waals surface area contributed by atoms with E-state index in [9.17, 15) is 19.7 Å². The van der Waals surface area contributed by atoms with Gasteiger partial charge in [-0.1, -0.05) is 13.0 Å². The zero-order valence-corrected chi connectivity index (χ0v) is 17.9. The Morgan fingerprint density at radius 2 is 1.93 bits per heavy atom. The van der Waals surface area contributed by atoms with E-state index in [2.05, 4.69) is 15.9 Å². The van der Waals surface area contributed by atoms with Gasteiger partial charge in [-0.2, -0.15) is 0 Å². The highest BCUT2D eigenvalue weighted by atomic mass is 79.9. The molecule has 9 heteroatoms. The summed E-state index contributed by atoms with van der Waals surface area (Å²) in [5, 5.41) is 10.5. The smallest absolute Gasteiger partial charge is 0.293 e. The maximum Gasteiger partial charge on any atom is 0.293 e. The summed E-state index contributed by atoms with van der Waals surface area (Å²) in [6.45, 7) is 2.59. The quantitative estimate of drug-likeness (QED) is 0.302. The highest BCUT2D eigenvalue weighted by Crippen LogP contribution is 2.34. The number of nitrogens with zero attached hydrogens (tertiary/aromatic N) is 2. The van der Waals surface area contributed by atoms with Gasteiger partial charge in [0.1, 0.15) is 12.4 Å². The van der Waals surface area contributed by atoms with Crippen LogP contribution >= 0.6 is 27.7 Å². The van der Waals surface area contributed by atoms with Crippen LogP contribution in [0.2, 0.25) is 0 Å². The highest BCUT2D eigenvalue weighted by molar-refractivity contribution is 9.10. The Morgan fingerprint density at radius 3 is 2.55 bits per heavy atom. The number of imide groups is 1. The van der Waals surface area contributed by atoms with Crippen LogP contribution in [-0.4, -0.2) is 27.5 Å². The molecule has 150 valence electrons. The molecule has 0 unspecified atom stereocenters. The molecule has 1 aliphatic heterocycles. The number of hydrogen-bond acceptors (Lipinski definition) is 6. The summed E-state index contributed by atoms with van der Waals surface area (Å²) >= 11 is 4.39. The highest BCUT2D eigenvalue weighted by Gasteiger charge is 2.34. The fourth-order valence-corrected chi connectivity index (χ4v) is 4.04. The van der Waals surface area contributed by atoms with E-state index in [0.29, 0.717) is 21.7 Å². The van der Waals surface area contributed by atoms with E-state index < -0.39 is 4.92 Å². The first-order valence-corrected chi connectivity index (χ1v) is 10.4. The van der Waals surface area contributed by atoms with Crippen molar-refractivity contribution in [3.05, 3.63) is 73.1 Å². The molecule has 0 radical (unpaired) electrons. The first-order chi connectivity index (χ1) is 13.9. The van der Waals surface area contributed by atoms with Crippen molar-refractivity contribution in [1.82, 2.24) is 4.90 Å². The Labute approximate surface area is 180 Å². The van der Waals surface area contributed by atoms with E-state index in [1.54, 1.807) is 36.4 Å². The van der Waals surface area contributed by atoms with Gasteiger partial charge in [0.05, 0.1) is 14.3 Å². The van der Waals surface area contributed by atoms with Crippen LogP contribution < -0.4 is 4.74 Å². The first-order valence-electron chi connectivity index (χ1n) is 8.80. The minimum atomic E-state index is -0.448.